The first-order chi connectivity index (χ1) is 6.77. The van der Waals surface area contributed by atoms with Crippen molar-refractivity contribution in [1.29, 1.82) is 0 Å². The number of carbonyl (C=O) groups is 1. The zero-order chi connectivity index (χ0) is 9.97. The van der Waals surface area contributed by atoms with Crippen LogP contribution in [0.25, 0.3) is 0 Å². The second-order valence-corrected chi connectivity index (χ2v) is 3.80. The van der Waals surface area contributed by atoms with Gasteiger partial charge in [0, 0.05) is 32.6 Å². The number of nitrogens with zero attached hydrogens (tertiary/aromatic N) is 2. The van der Waals surface area contributed by atoms with Crippen LogP contribution in [0.15, 0.2) is 11.8 Å². The van der Waals surface area contributed by atoms with Gasteiger partial charge in [-0.3, -0.25) is 4.79 Å². The van der Waals surface area contributed by atoms with Crippen LogP contribution in [-0.2, 0) is 9.53 Å². The summed E-state index contributed by atoms with van der Waals surface area (Å²) in [4.78, 5) is 15.9. The second-order valence-electron chi connectivity index (χ2n) is 3.80. The van der Waals surface area contributed by atoms with Crippen LogP contribution in [0.4, 0.5) is 0 Å². The quantitative estimate of drug-likeness (QED) is 0.594. The number of piperazine rings is 1. The molecule has 0 bridgehead atoms. The van der Waals surface area contributed by atoms with Gasteiger partial charge in [-0.25, -0.2) is 0 Å². The molecule has 2 rings (SSSR count). The molecule has 0 aromatic carbocycles. The van der Waals surface area contributed by atoms with Crippen molar-refractivity contribution in [2.75, 3.05) is 39.8 Å². The van der Waals surface area contributed by atoms with Crippen molar-refractivity contribution >= 4 is 5.91 Å². The van der Waals surface area contributed by atoms with Gasteiger partial charge in [-0.15, -0.1) is 0 Å². The Hall–Kier alpha value is -1.03. The predicted octanol–water partition coefficient (Wildman–Crippen LogP) is 0.0646. The fourth-order valence-corrected chi connectivity index (χ4v) is 1.73. The molecule has 0 radical (unpaired) electrons. The molecule has 0 aromatic heterocycles. The van der Waals surface area contributed by atoms with Crippen LogP contribution in [0, 0.1) is 0 Å². The van der Waals surface area contributed by atoms with Gasteiger partial charge < -0.3 is 14.5 Å². The van der Waals surface area contributed by atoms with E-state index >= 15 is 0 Å². The lowest BCUT2D eigenvalue weighted by atomic mass is 10.3. The van der Waals surface area contributed by atoms with E-state index in [2.05, 4.69) is 11.9 Å². The Kier molecular flexibility index (Phi) is 2.72. The Bertz CT molecular complexity index is 255. The van der Waals surface area contributed by atoms with Crippen LogP contribution < -0.4 is 0 Å². The van der Waals surface area contributed by atoms with Crippen molar-refractivity contribution in [2.24, 2.45) is 0 Å². The largest absolute Gasteiger partial charge is 0.488 e. The van der Waals surface area contributed by atoms with Crippen LogP contribution in [0.5, 0.6) is 0 Å². The molecule has 1 fully saturated rings. The maximum absolute atomic E-state index is 11.8. The van der Waals surface area contributed by atoms with Crippen molar-refractivity contribution < 1.29 is 9.53 Å². The first-order valence-electron chi connectivity index (χ1n) is 5.08. The summed E-state index contributed by atoms with van der Waals surface area (Å²) in [5, 5.41) is 0. The standard InChI is InChI=1S/C10H16N2O2/c1-11-4-6-12(7-5-11)10(13)9-3-2-8-14-9/h3H,2,4-8H2,1H3. The number of carbonyl (C=O) groups excluding carboxylic acids is 1. The summed E-state index contributed by atoms with van der Waals surface area (Å²) < 4.78 is 5.25. The minimum Gasteiger partial charge on any atom is -0.488 e. The van der Waals surface area contributed by atoms with Crippen LogP contribution in [-0.4, -0.2) is 55.5 Å². The van der Waals surface area contributed by atoms with Gasteiger partial charge in [-0.2, -0.15) is 0 Å². The van der Waals surface area contributed by atoms with Gasteiger partial charge >= 0.3 is 0 Å². The van der Waals surface area contributed by atoms with Crippen molar-refractivity contribution in [2.45, 2.75) is 6.42 Å². The van der Waals surface area contributed by atoms with Crippen LogP contribution in [0.2, 0.25) is 0 Å². The van der Waals surface area contributed by atoms with E-state index in [-0.39, 0.29) is 5.91 Å². The smallest absolute Gasteiger partial charge is 0.288 e. The summed E-state index contributed by atoms with van der Waals surface area (Å²) in [6.45, 7) is 4.21. The zero-order valence-corrected chi connectivity index (χ0v) is 8.53. The highest BCUT2D eigenvalue weighted by atomic mass is 16.5. The molecule has 2 aliphatic rings. The lowest BCUT2D eigenvalue weighted by Gasteiger charge is -2.32. The third-order valence-corrected chi connectivity index (χ3v) is 2.71. The predicted molar refractivity (Wildman–Crippen MR) is 52.7 cm³/mol. The van der Waals surface area contributed by atoms with E-state index in [1.165, 1.54) is 0 Å². The van der Waals surface area contributed by atoms with Crippen molar-refractivity contribution in [3.05, 3.63) is 11.8 Å². The molecule has 0 aromatic rings. The van der Waals surface area contributed by atoms with Crippen molar-refractivity contribution in [3.63, 3.8) is 0 Å². The third-order valence-electron chi connectivity index (χ3n) is 2.71. The van der Waals surface area contributed by atoms with Gasteiger partial charge in [-0.05, 0) is 13.1 Å². The Labute approximate surface area is 84.1 Å². The monoisotopic (exact) mass is 196 g/mol. The topological polar surface area (TPSA) is 32.8 Å². The molecule has 0 N–H and O–H groups in total. The maximum atomic E-state index is 11.8. The van der Waals surface area contributed by atoms with Gasteiger partial charge in [0.2, 0.25) is 0 Å². The first-order valence-corrected chi connectivity index (χ1v) is 5.08. The molecule has 14 heavy (non-hydrogen) atoms. The SMILES string of the molecule is CN1CCN(C(=O)C2=CCCO2)CC1. The molecule has 4 nitrogen and oxygen atoms in total. The van der Waals surface area contributed by atoms with E-state index in [9.17, 15) is 4.79 Å². The molecular weight excluding hydrogens is 180 g/mol. The van der Waals surface area contributed by atoms with Gasteiger partial charge in [0.25, 0.3) is 5.91 Å². The lowest BCUT2D eigenvalue weighted by molar-refractivity contribution is -0.131. The van der Waals surface area contributed by atoms with Crippen LogP contribution in [0.3, 0.4) is 0 Å². The van der Waals surface area contributed by atoms with E-state index in [1.54, 1.807) is 0 Å². The lowest BCUT2D eigenvalue weighted by Crippen LogP contribution is -2.47. The van der Waals surface area contributed by atoms with E-state index in [0.717, 1.165) is 32.6 Å². The number of hydrogen-bond donors (Lipinski definition) is 0. The van der Waals surface area contributed by atoms with E-state index in [1.807, 2.05) is 11.0 Å². The minimum atomic E-state index is 0.0654. The molecule has 78 valence electrons. The number of amides is 1. The van der Waals surface area contributed by atoms with Crippen LogP contribution >= 0.6 is 0 Å². The van der Waals surface area contributed by atoms with Crippen molar-refractivity contribution in [1.82, 2.24) is 9.80 Å². The minimum absolute atomic E-state index is 0.0654. The van der Waals surface area contributed by atoms with Crippen molar-refractivity contribution in [3.8, 4) is 0 Å². The van der Waals surface area contributed by atoms with Gasteiger partial charge in [0.1, 0.15) is 0 Å². The van der Waals surface area contributed by atoms with E-state index in [4.69, 9.17) is 4.74 Å². The highest BCUT2D eigenvalue weighted by Crippen LogP contribution is 2.13. The number of ether oxygens (including phenoxy) is 1. The summed E-state index contributed by atoms with van der Waals surface area (Å²) in [7, 11) is 2.08. The summed E-state index contributed by atoms with van der Waals surface area (Å²) in [5.74, 6) is 0.616. The number of hydrogen-bond acceptors (Lipinski definition) is 3. The summed E-state index contributed by atoms with van der Waals surface area (Å²) in [6.07, 6.45) is 2.76. The third kappa shape index (κ3) is 1.90. The molecular formula is C10H16N2O2. The first kappa shape index (κ1) is 9.52. The Morgan fingerprint density at radius 1 is 1.36 bits per heavy atom. The summed E-state index contributed by atoms with van der Waals surface area (Å²) in [5.41, 5.74) is 0. The average Bonchev–Trinajstić information content (AvgIpc) is 2.71. The molecule has 4 heteroatoms. The number of rotatable bonds is 1. The zero-order valence-electron chi connectivity index (χ0n) is 8.53. The number of likely N-dealkylation sites (N-methyl/N-ethyl adjacent to an activating group) is 1. The maximum Gasteiger partial charge on any atom is 0.288 e. The highest BCUT2D eigenvalue weighted by Gasteiger charge is 2.24. The van der Waals surface area contributed by atoms with E-state index < -0.39 is 0 Å². The molecule has 1 saturated heterocycles. The summed E-state index contributed by atoms with van der Waals surface area (Å²) in [6, 6.07) is 0. The van der Waals surface area contributed by atoms with Gasteiger partial charge in [0.05, 0.1) is 6.61 Å². The van der Waals surface area contributed by atoms with Crippen LogP contribution in [0.1, 0.15) is 6.42 Å². The normalized spacial score (nSPS) is 23.2. The fraction of sp³-hybridized carbons (Fsp3) is 0.700. The second kappa shape index (κ2) is 4.00. The molecule has 0 saturated carbocycles. The Morgan fingerprint density at radius 3 is 2.64 bits per heavy atom. The summed E-state index contributed by atoms with van der Waals surface area (Å²) >= 11 is 0. The van der Waals surface area contributed by atoms with Gasteiger partial charge in [-0.1, -0.05) is 0 Å². The molecule has 0 unspecified atom stereocenters. The molecule has 2 heterocycles. The molecule has 1 amide bonds. The molecule has 0 spiro atoms. The Balaban J connectivity index is 1.91. The fourth-order valence-electron chi connectivity index (χ4n) is 1.73. The highest BCUT2D eigenvalue weighted by molar-refractivity contribution is 5.91. The average molecular weight is 196 g/mol. The van der Waals surface area contributed by atoms with E-state index in [0.29, 0.717) is 12.4 Å². The molecule has 2 aliphatic heterocycles. The van der Waals surface area contributed by atoms with Gasteiger partial charge in [0.15, 0.2) is 5.76 Å². The Morgan fingerprint density at radius 2 is 2.07 bits per heavy atom. The molecule has 0 atom stereocenters. The molecule has 0 aliphatic carbocycles.